The Bertz CT molecular complexity index is 993. The molecule has 0 aliphatic rings. The number of quaternary nitrogens is 1. The monoisotopic (exact) mass is 851 g/mol. The molecule has 0 saturated heterocycles. The third-order valence-electron chi connectivity index (χ3n) is 11.9. The van der Waals surface area contributed by atoms with E-state index in [1.165, 1.54) is 180 Å². The average Bonchev–Trinajstić information content (AvgIpc) is 3.21. The number of carbonyl (C=O) groups is 3. The molecular formula is C52H100NO7+. The molecule has 0 aromatic rings. The number of aliphatic carboxylic acids is 1. The highest BCUT2D eigenvalue weighted by atomic mass is 16.6. The number of carboxylic acids is 1. The van der Waals surface area contributed by atoms with Crippen molar-refractivity contribution in [2.24, 2.45) is 0 Å². The first kappa shape index (κ1) is 58.1. The van der Waals surface area contributed by atoms with Crippen molar-refractivity contribution in [1.82, 2.24) is 0 Å². The van der Waals surface area contributed by atoms with E-state index in [9.17, 15) is 19.5 Å². The van der Waals surface area contributed by atoms with Gasteiger partial charge in [0.25, 0.3) is 0 Å². The molecule has 0 aliphatic heterocycles. The van der Waals surface area contributed by atoms with Gasteiger partial charge in [0.1, 0.15) is 6.61 Å². The zero-order valence-corrected chi connectivity index (χ0v) is 40.4. The Labute approximate surface area is 371 Å². The van der Waals surface area contributed by atoms with E-state index in [2.05, 4.69) is 26.0 Å². The number of hydrogen-bond donors (Lipinski definition) is 1. The summed E-state index contributed by atoms with van der Waals surface area (Å²) in [5.41, 5.74) is 0. The van der Waals surface area contributed by atoms with Gasteiger partial charge in [-0.15, -0.1) is 0 Å². The highest BCUT2D eigenvalue weighted by Gasteiger charge is 2.31. The van der Waals surface area contributed by atoms with E-state index >= 15 is 0 Å². The van der Waals surface area contributed by atoms with Crippen LogP contribution in [-0.2, 0) is 28.6 Å². The Morgan fingerprint density at radius 1 is 0.483 bits per heavy atom. The predicted molar refractivity (Wildman–Crippen MR) is 252 cm³/mol. The number of carboxylic acid groups (broad SMARTS) is 1. The molecule has 8 heteroatoms. The van der Waals surface area contributed by atoms with Crippen LogP contribution in [0.25, 0.3) is 0 Å². The second-order valence-electron chi connectivity index (χ2n) is 18.8. The van der Waals surface area contributed by atoms with E-state index in [-0.39, 0.29) is 36.2 Å². The number of ether oxygens (including phenoxy) is 3. The van der Waals surface area contributed by atoms with Gasteiger partial charge in [-0.2, -0.15) is 0 Å². The summed E-state index contributed by atoms with van der Waals surface area (Å²) < 4.78 is 17.4. The van der Waals surface area contributed by atoms with Crippen LogP contribution in [0, 0.1) is 0 Å². The summed E-state index contributed by atoms with van der Waals surface area (Å²) in [6.07, 6.45) is 48.3. The standard InChI is InChI=1S/C52H99NO7/c1-6-8-10-12-14-16-18-20-22-24-25-27-29-31-33-35-37-39-41-43-51(55)60-48(46-58-45-44-49(52(56)57)53(3,4)5)47-59-50(54)42-40-38-36-34-32-30-28-26-23-21-19-17-15-13-11-9-7-2/h21,23,48-49H,6-20,22,24-47H2,1-5H3/p+1/b23-21+. The van der Waals surface area contributed by atoms with E-state index in [1.807, 2.05) is 21.1 Å². The topological polar surface area (TPSA) is 99.1 Å². The van der Waals surface area contributed by atoms with Crippen molar-refractivity contribution in [2.75, 3.05) is 41.0 Å². The first-order valence-corrected chi connectivity index (χ1v) is 25.7. The summed E-state index contributed by atoms with van der Waals surface area (Å²) in [7, 11) is 5.55. The Kier molecular flexibility index (Phi) is 42.3. The van der Waals surface area contributed by atoms with Crippen LogP contribution in [0.2, 0.25) is 0 Å². The van der Waals surface area contributed by atoms with E-state index in [0.717, 1.165) is 38.5 Å². The normalized spacial score (nSPS) is 12.9. The molecule has 0 fully saturated rings. The van der Waals surface area contributed by atoms with Crippen LogP contribution in [-0.4, -0.2) is 80.6 Å². The van der Waals surface area contributed by atoms with E-state index in [0.29, 0.717) is 19.3 Å². The summed E-state index contributed by atoms with van der Waals surface area (Å²) in [6.45, 7) is 4.78. The molecule has 0 aromatic carbocycles. The smallest absolute Gasteiger partial charge is 0.362 e. The molecule has 0 saturated carbocycles. The molecule has 0 aromatic heterocycles. The molecule has 2 unspecified atom stereocenters. The molecule has 60 heavy (non-hydrogen) atoms. The van der Waals surface area contributed by atoms with Crippen molar-refractivity contribution in [3.05, 3.63) is 12.2 Å². The van der Waals surface area contributed by atoms with Crippen LogP contribution in [0.3, 0.4) is 0 Å². The van der Waals surface area contributed by atoms with Crippen molar-refractivity contribution >= 4 is 17.9 Å². The van der Waals surface area contributed by atoms with Gasteiger partial charge in [0, 0.05) is 19.3 Å². The fourth-order valence-electron chi connectivity index (χ4n) is 7.91. The van der Waals surface area contributed by atoms with Gasteiger partial charge >= 0.3 is 17.9 Å². The highest BCUT2D eigenvalue weighted by molar-refractivity contribution is 5.72. The number of hydrogen-bond acceptors (Lipinski definition) is 6. The second kappa shape index (κ2) is 43.7. The Morgan fingerprint density at radius 3 is 1.20 bits per heavy atom. The van der Waals surface area contributed by atoms with Crippen LogP contribution in [0.1, 0.15) is 251 Å². The molecule has 8 nitrogen and oxygen atoms in total. The van der Waals surface area contributed by atoms with E-state index in [1.54, 1.807) is 0 Å². The lowest BCUT2D eigenvalue weighted by Crippen LogP contribution is -2.50. The van der Waals surface area contributed by atoms with Gasteiger partial charge < -0.3 is 23.8 Å². The zero-order chi connectivity index (χ0) is 44.2. The van der Waals surface area contributed by atoms with E-state index < -0.39 is 18.1 Å². The number of esters is 2. The highest BCUT2D eigenvalue weighted by Crippen LogP contribution is 2.17. The van der Waals surface area contributed by atoms with E-state index in [4.69, 9.17) is 14.2 Å². The van der Waals surface area contributed by atoms with Crippen molar-refractivity contribution in [3.63, 3.8) is 0 Å². The molecule has 354 valence electrons. The lowest BCUT2D eigenvalue weighted by atomic mass is 10.0. The average molecular weight is 851 g/mol. The predicted octanol–water partition coefficient (Wildman–Crippen LogP) is 14.6. The Balaban J connectivity index is 4.21. The first-order chi connectivity index (χ1) is 29.1. The van der Waals surface area contributed by atoms with Crippen molar-refractivity contribution in [3.8, 4) is 0 Å². The van der Waals surface area contributed by atoms with Gasteiger partial charge in [0.05, 0.1) is 34.4 Å². The van der Waals surface area contributed by atoms with Crippen molar-refractivity contribution in [1.29, 1.82) is 0 Å². The van der Waals surface area contributed by atoms with Crippen molar-refractivity contribution in [2.45, 2.75) is 264 Å². The number of carbonyl (C=O) groups excluding carboxylic acids is 2. The summed E-state index contributed by atoms with van der Waals surface area (Å²) in [5.74, 6) is -1.45. The molecule has 1 N–H and O–H groups in total. The fourth-order valence-corrected chi connectivity index (χ4v) is 7.91. The molecule has 0 amide bonds. The molecule has 0 rings (SSSR count). The fraction of sp³-hybridized carbons (Fsp3) is 0.904. The SMILES string of the molecule is CCCCCCCC/C=C/CCCCCCCCCC(=O)OCC(COCCC(C(=O)O)[N+](C)(C)C)OC(=O)CCCCCCCCCCCCCCCCCCCCC. The zero-order valence-electron chi connectivity index (χ0n) is 40.4. The molecular weight excluding hydrogens is 751 g/mol. The lowest BCUT2D eigenvalue weighted by Gasteiger charge is -2.31. The number of likely N-dealkylation sites (N-methyl/N-ethyl adjacent to an activating group) is 1. The maximum atomic E-state index is 12.8. The van der Waals surface area contributed by atoms with Crippen molar-refractivity contribution < 1.29 is 38.2 Å². The van der Waals surface area contributed by atoms with Gasteiger partial charge in [-0.05, 0) is 38.5 Å². The minimum Gasteiger partial charge on any atom is -0.477 e. The molecule has 0 heterocycles. The van der Waals surface area contributed by atoms with Gasteiger partial charge in [0.15, 0.2) is 12.1 Å². The molecule has 0 aliphatic carbocycles. The van der Waals surface area contributed by atoms with Gasteiger partial charge in [-0.3, -0.25) is 9.59 Å². The van der Waals surface area contributed by atoms with Crippen LogP contribution in [0.5, 0.6) is 0 Å². The maximum absolute atomic E-state index is 12.8. The molecule has 0 bridgehead atoms. The van der Waals surface area contributed by atoms with Gasteiger partial charge in [-0.25, -0.2) is 4.79 Å². The number of allylic oxidation sites excluding steroid dienone is 2. The third-order valence-corrected chi connectivity index (χ3v) is 11.9. The molecule has 0 radical (unpaired) electrons. The second-order valence-corrected chi connectivity index (χ2v) is 18.8. The van der Waals surface area contributed by atoms with Gasteiger partial charge in [0.2, 0.25) is 0 Å². The maximum Gasteiger partial charge on any atom is 0.362 e. The van der Waals surface area contributed by atoms with Crippen LogP contribution < -0.4 is 0 Å². The minimum atomic E-state index is -0.871. The quantitative estimate of drug-likeness (QED) is 0.0282. The van der Waals surface area contributed by atoms with Crippen LogP contribution >= 0.6 is 0 Å². The largest absolute Gasteiger partial charge is 0.477 e. The van der Waals surface area contributed by atoms with Crippen LogP contribution in [0.4, 0.5) is 0 Å². The Hall–Kier alpha value is -1.93. The minimum absolute atomic E-state index is 0.0468. The lowest BCUT2D eigenvalue weighted by molar-refractivity contribution is -0.887. The Morgan fingerprint density at radius 2 is 0.833 bits per heavy atom. The number of rotatable bonds is 47. The summed E-state index contributed by atoms with van der Waals surface area (Å²) in [5, 5.41) is 9.65. The molecule has 0 spiro atoms. The summed E-state index contributed by atoms with van der Waals surface area (Å²) in [4.78, 5) is 37.1. The summed E-state index contributed by atoms with van der Waals surface area (Å²) >= 11 is 0. The van der Waals surface area contributed by atoms with Crippen LogP contribution in [0.15, 0.2) is 12.2 Å². The summed E-state index contributed by atoms with van der Waals surface area (Å²) in [6, 6.07) is -0.611. The van der Waals surface area contributed by atoms with Gasteiger partial charge in [-0.1, -0.05) is 206 Å². The first-order valence-electron chi connectivity index (χ1n) is 25.7. The third kappa shape index (κ3) is 41.4. The molecule has 2 atom stereocenters. The number of unbranched alkanes of at least 4 members (excludes halogenated alkanes) is 31. The number of nitrogens with zero attached hydrogens (tertiary/aromatic N) is 1.